The lowest BCUT2D eigenvalue weighted by Gasteiger charge is -2.32. The molecule has 0 amide bonds. The van der Waals surface area contributed by atoms with Crippen LogP contribution in [-0.4, -0.2) is 48.5 Å². The Labute approximate surface area is 244 Å². The molecule has 0 atom stereocenters. The summed E-state index contributed by atoms with van der Waals surface area (Å²) in [5.74, 6) is 1.81. The number of rotatable bonds is 11. The molecule has 2 aliphatic heterocycles. The molecule has 2 heterocycles. The molecule has 218 valence electrons. The lowest BCUT2D eigenvalue weighted by atomic mass is 9.92. The van der Waals surface area contributed by atoms with E-state index in [4.69, 9.17) is 14.9 Å². The summed E-state index contributed by atoms with van der Waals surface area (Å²) < 4.78 is 24.9. The first-order valence-corrected chi connectivity index (χ1v) is 15.3. The lowest BCUT2D eigenvalue weighted by molar-refractivity contribution is 0.166. The molecule has 41 heavy (non-hydrogen) atoms. The first kappa shape index (κ1) is 29.3. The van der Waals surface area contributed by atoms with Crippen molar-refractivity contribution >= 4 is 5.90 Å². The molecule has 2 aliphatic rings. The molecule has 0 spiro atoms. The smallest absolute Gasteiger partial charge is 0.213 e. The number of hydrogen-bond acceptors (Lipinski definition) is 5. The zero-order chi connectivity index (χ0) is 28.4. The molecule has 1 saturated heterocycles. The summed E-state index contributed by atoms with van der Waals surface area (Å²) in [4.78, 5) is 4.99. The van der Waals surface area contributed by atoms with Gasteiger partial charge in [-0.15, -0.1) is 0 Å². The molecule has 5 nitrogen and oxygen atoms in total. The van der Waals surface area contributed by atoms with Crippen LogP contribution in [0.4, 0.5) is 4.39 Å². The summed E-state index contributed by atoms with van der Waals surface area (Å²) >= 11 is 0. The number of aryl methyl sites for hydroxylation is 1. The van der Waals surface area contributed by atoms with Crippen LogP contribution < -0.4 is 4.74 Å². The van der Waals surface area contributed by atoms with Crippen molar-refractivity contribution in [2.24, 2.45) is 5.92 Å². The Morgan fingerprint density at radius 1 is 0.902 bits per heavy atom. The van der Waals surface area contributed by atoms with Crippen molar-refractivity contribution in [2.75, 3.05) is 32.8 Å². The van der Waals surface area contributed by atoms with Crippen LogP contribution >= 0.6 is 0 Å². The summed E-state index contributed by atoms with van der Waals surface area (Å²) in [7, 11) is 0. The van der Waals surface area contributed by atoms with Crippen LogP contribution in [0.25, 0.3) is 0 Å². The molecule has 0 aliphatic carbocycles. The van der Waals surface area contributed by atoms with E-state index in [1.165, 1.54) is 36.0 Å². The standard InChI is InChI=1S/C35H44FN3O2/c1-2-40-35(37)31-8-3-6-29(22-31)25-38-19-16-27(17-20-38)7-5-21-41-34-15-12-30-9-4-18-39(26-32(30)23-34)24-28-10-13-33(36)14-11-28/h3,6,8,10-15,22-23,27,37H,2,4-5,7,9,16-21,24-26H2,1H3. The average Bonchev–Trinajstić information content (AvgIpc) is 3.19. The molecular weight excluding hydrogens is 513 g/mol. The minimum atomic E-state index is -0.180. The summed E-state index contributed by atoms with van der Waals surface area (Å²) in [6.07, 6.45) is 6.99. The first-order valence-electron chi connectivity index (χ1n) is 15.3. The van der Waals surface area contributed by atoms with Crippen LogP contribution in [0, 0.1) is 17.1 Å². The van der Waals surface area contributed by atoms with Crippen molar-refractivity contribution in [1.29, 1.82) is 5.41 Å². The highest BCUT2D eigenvalue weighted by molar-refractivity contribution is 5.91. The van der Waals surface area contributed by atoms with Crippen LogP contribution in [0.2, 0.25) is 0 Å². The van der Waals surface area contributed by atoms with Gasteiger partial charge >= 0.3 is 0 Å². The summed E-state index contributed by atoms with van der Waals surface area (Å²) in [6.45, 7) is 9.17. The Kier molecular flexibility index (Phi) is 10.4. The molecule has 3 aromatic carbocycles. The van der Waals surface area contributed by atoms with E-state index >= 15 is 0 Å². The van der Waals surface area contributed by atoms with E-state index in [9.17, 15) is 4.39 Å². The number of nitrogens with one attached hydrogen (secondary N) is 1. The van der Waals surface area contributed by atoms with E-state index in [0.29, 0.717) is 6.61 Å². The van der Waals surface area contributed by atoms with Crippen molar-refractivity contribution in [3.8, 4) is 5.75 Å². The molecule has 0 bridgehead atoms. The monoisotopic (exact) mass is 557 g/mol. The molecule has 3 aromatic rings. The molecule has 1 N–H and O–H groups in total. The van der Waals surface area contributed by atoms with Gasteiger partial charge in [-0.1, -0.05) is 30.3 Å². The second-order valence-electron chi connectivity index (χ2n) is 11.5. The highest BCUT2D eigenvalue weighted by Gasteiger charge is 2.20. The average molecular weight is 558 g/mol. The van der Waals surface area contributed by atoms with Gasteiger partial charge in [0.05, 0.1) is 13.2 Å². The number of halogens is 1. The molecule has 0 radical (unpaired) electrons. The maximum atomic E-state index is 13.3. The van der Waals surface area contributed by atoms with Crippen LogP contribution in [0.5, 0.6) is 5.75 Å². The summed E-state index contributed by atoms with van der Waals surface area (Å²) in [6, 6.07) is 21.7. The Morgan fingerprint density at radius 2 is 1.71 bits per heavy atom. The Morgan fingerprint density at radius 3 is 2.51 bits per heavy atom. The molecule has 0 unspecified atom stereocenters. The number of likely N-dealkylation sites (tertiary alicyclic amines) is 1. The van der Waals surface area contributed by atoms with E-state index < -0.39 is 0 Å². The highest BCUT2D eigenvalue weighted by atomic mass is 19.1. The van der Waals surface area contributed by atoms with Gasteiger partial charge in [-0.05, 0) is 130 Å². The predicted octanol–water partition coefficient (Wildman–Crippen LogP) is 7.21. The van der Waals surface area contributed by atoms with Gasteiger partial charge < -0.3 is 9.47 Å². The Hall–Kier alpha value is -3.22. The third-order valence-corrected chi connectivity index (χ3v) is 8.43. The molecular formula is C35H44FN3O2. The van der Waals surface area contributed by atoms with E-state index in [2.05, 4.69) is 40.1 Å². The molecule has 0 saturated carbocycles. The minimum absolute atomic E-state index is 0.180. The third kappa shape index (κ3) is 8.64. The van der Waals surface area contributed by atoms with E-state index in [0.717, 1.165) is 87.9 Å². The minimum Gasteiger partial charge on any atom is -0.494 e. The van der Waals surface area contributed by atoms with Crippen LogP contribution in [-0.2, 0) is 30.8 Å². The van der Waals surface area contributed by atoms with Crippen molar-refractivity contribution in [3.63, 3.8) is 0 Å². The summed E-state index contributed by atoms with van der Waals surface area (Å²) in [5, 5.41) is 8.05. The van der Waals surface area contributed by atoms with E-state index in [1.807, 2.05) is 31.2 Å². The van der Waals surface area contributed by atoms with Crippen molar-refractivity contribution in [1.82, 2.24) is 9.80 Å². The predicted molar refractivity (Wildman–Crippen MR) is 163 cm³/mol. The van der Waals surface area contributed by atoms with Crippen molar-refractivity contribution < 1.29 is 13.9 Å². The fraction of sp³-hybridized carbons (Fsp3) is 0.457. The fourth-order valence-corrected chi connectivity index (χ4v) is 6.17. The topological polar surface area (TPSA) is 48.8 Å². The van der Waals surface area contributed by atoms with Gasteiger partial charge in [-0.2, -0.15) is 0 Å². The Balaban J connectivity index is 1.03. The zero-order valence-corrected chi connectivity index (χ0v) is 24.4. The van der Waals surface area contributed by atoms with Crippen LogP contribution in [0.1, 0.15) is 66.8 Å². The SMILES string of the molecule is CCOC(=N)c1cccc(CN2CCC(CCCOc3ccc4c(c3)CN(Cc3ccc(F)cc3)CCC4)CC2)c1. The van der Waals surface area contributed by atoms with Gasteiger partial charge in [0.2, 0.25) is 5.90 Å². The maximum absolute atomic E-state index is 13.3. The molecule has 6 heteroatoms. The third-order valence-electron chi connectivity index (χ3n) is 8.43. The number of hydrogen-bond donors (Lipinski definition) is 1. The Bertz CT molecular complexity index is 1270. The number of ether oxygens (including phenoxy) is 2. The van der Waals surface area contributed by atoms with E-state index in [-0.39, 0.29) is 11.7 Å². The first-order chi connectivity index (χ1) is 20.1. The number of nitrogens with zero attached hydrogens (tertiary/aromatic N) is 2. The second kappa shape index (κ2) is 14.6. The molecule has 5 rings (SSSR count). The number of benzene rings is 3. The second-order valence-corrected chi connectivity index (χ2v) is 11.5. The number of fused-ring (bicyclic) bond motifs is 1. The van der Waals surface area contributed by atoms with E-state index in [1.54, 1.807) is 12.1 Å². The lowest BCUT2D eigenvalue weighted by Crippen LogP contribution is -2.33. The molecule has 1 fully saturated rings. The zero-order valence-electron chi connectivity index (χ0n) is 24.4. The van der Waals surface area contributed by atoms with Gasteiger partial charge in [0, 0.05) is 25.2 Å². The maximum Gasteiger partial charge on any atom is 0.213 e. The van der Waals surface area contributed by atoms with Gasteiger partial charge in [-0.25, -0.2) is 4.39 Å². The fourth-order valence-electron chi connectivity index (χ4n) is 6.17. The van der Waals surface area contributed by atoms with Crippen molar-refractivity contribution in [3.05, 3.63) is 100 Å². The molecule has 0 aromatic heterocycles. The highest BCUT2D eigenvalue weighted by Crippen LogP contribution is 2.26. The van der Waals surface area contributed by atoms with Gasteiger partial charge in [0.25, 0.3) is 0 Å². The number of piperidine rings is 1. The van der Waals surface area contributed by atoms with Gasteiger partial charge in [-0.3, -0.25) is 15.2 Å². The quantitative estimate of drug-likeness (QED) is 0.154. The van der Waals surface area contributed by atoms with Gasteiger partial charge in [0.1, 0.15) is 11.6 Å². The summed E-state index contributed by atoms with van der Waals surface area (Å²) in [5.41, 5.74) is 6.04. The van der Waals surface area contributed by atoms with Gasteiger partial charge in [0.15, 0.2) is 0 Å². The van der Waals surface area contributed by atoms with Crippen LogP contribution in [0.3, 0.4) is 0 Å². The van der Waals surface area contributed by atoms with Crippen molar-refractivity contribution in [2.45, 2.75) is 65.1 Å². The van der Waals surface area contributed by atoms with Crippen LogP contribution in [0.15, 0.2) is 66.7 Å². The normalized spacial score (nSPS) is 16.6. The largest absolute Gasteiger partial charge is 0.494 e.